The Balaban J connectivity index is 2.82. The summed E-state index contributed by atoms with van der Waals surface area (Å²) >= 11 is 0. The van der Waals surface area contributed by atoms with E-state index in [1.807, 2.05) is 12.1 Å². The highest BCUT2D eigenvalue weighted by Gasteiger charge is 1.87. The second kappa shape index (κ2) is 10.2. The van der Waals surface area contributed by atoms with Crippen LogP contribution in [0, 0.1) is 11.3 Å². The zero-order valence-corrected chi connectivity index (χ0v) is 7.29. The van der Waals surface area contributed by atoms with Gasteiger partial charge in [0.05, 0.1) is 38.9 Å². The second-order valence-corrected chi connectivity index (χ2v) is 2.21. The lowest BCUT2D eigenvalue weighted by Crippen LogP contribution is -2.05. The third-order valence-corrected chi connectivity index (χ3v) is 1.20. The summed E-state index contributed by atoms with van der Waals surface area (Å²) < 4.78 is 10.3. The Morgan fingerprint density at radius 3 is 2.42 bits per heavy atom. The van der Waals surface area contributed by atoms with Crippen LogP contribution in [0.2, 0.25) is 0 Å². The van der Waals surface area contributed by atoms with E-state index in [4.69, 9.17) is 14.7 Å². The van der Waals surface area contributed by atoms with Crippen LogP contribution >= 0.6 is 0 Å². The van der Waals surface area contributed by atoms with Crippen molar-refractivity contribution in [1.82, 2.24) is 0 Å². The van der Waals surface area contributed by atoms with Crippen molar-refractivity contribution in [3.63, 3.8) is 0 Å². The maximum atomic E-state index is 8.17. The predicted octanol–water partition coefficient (Wildman–Crippen LogP) is 1.51. The molecule has 12 heavy (non-hydrogen) atoms. The summed E-state index contributed by atoms with van der Waals surface area (Å²) in [6, 6.07) is 2.00. The Morgan fingerprint density at radius 2 is 1.83 bits per heavy atom. The van der Waals surface area contributed by atoms with E-state index in [-0.39, 0.29) is 0 Å². The Kier molecular flexibility index (Phi) is 9.43. The van der Waals surface area contributed by atoms with E-state index in [1.54, 1.807) is 0 Å². The molecule has 0 rings (SSSR count). The molecule has 0 unspecified atom stereocenters. The van der Waals surface area contributed by atoms with Crippen LogP contribution < -0.4 is 0 Å². The largest absolute Gasteiger partial charge is 0.379 e. The smallest absolute Gasteiger partial charge is 0.0700 e. The highest BCUT2D eigenvalue weighted by atomic mass is 16.5. The van der Waals surface area contributed by atoms with Gasteiger partial charge < -0.3 is 9.47 Å². The maximum Gasteiger partial charge on any atom is 0.0700 e. The molecular formula is C9H15NO2. The topological polar surface area (TPSA) is 42.2 Å². The van der Waals surface area contributed by atoms with Gasteiger partial charge in [-0.15, -0.1) is 6.58 Å². The highest BCUT2D eigenvalue weighted by molar-refractivity contribution is 4.67. The van der Waals surface area contributed by atoms with Crippen LogP contribution in [0.5, 0.6) is 0 Å². The van der Waals surface area contributed by atoms with E-state index in [0.29, 0.717) is 32.8 Å². The maximum absolute atomic E-state index is 8.17. The van der Waals surface area contributed by atoms with Crippen molar-refractivity contribution in [2.75, 3.05) is 26.4 Å². The first-order valence-electron chi connectivity index (χ1n) is 4.05. The minimum atomic E-state index is 0.451. The van der Waals surface area contributed by atoms with Crippen LogP contribution in [0.4, 0.5) is 0 Å². The Morgan fingerprint density at radius 1 is 1.17 bits per heavy atom. The van der Waals surface area contributed by atoms with Crippen molar-refractivity contribution >= 4 is 0 Å². The molecule has 3 heteroatoms. The van der Waals surface area contributed by atoms with Crippen molar-refractivity contribution in [2.24, 2.45) is 0 Å². The molecule has 0 aliphatic carbocycles. The van der Waals surface area contributed by atoms with Crippen molar-refractivity contribution in [1.29, 1.82) is 5.26 Å². The first kappa shape index (κ1) is 11.2. The average molecular weight is 169 g/mol. The number of nitrogens with zero attached hydrogens (tertiary/aromatic N) is 1. The van der Waals surface area contributed by atoms with Gasteiger partial charge in [0.1, 0.15) is 0 Å². The van der Waals surface area contributed by atoms with E-state index in [2.05, 4.69) is 6.58 Å². The SMILES string of the molecule is C=CCCOCCOCCC#N. The van der Waals surface area contributed by atoms with Gasteiger partial charge in [0.2, 0.25) is 0 Å². The molecule has 0 spiro atoms. The standard InChI is InChI=1S/C9H15NO2/c1-2-3-6-11-8-9-12-7-4-5-10/h2H,1,3-4,6-9H2. The molecule has 0 aromatic rings. The molecule has 0 radical (unpaired) electrons. The summed E-state index contributed by atoms with van der Waals surface area (Å²) in [5.41, 5.74) is 0. The monoisotopic (exact) mass is 169 g/mol. The van der Waals surface area contributed by atoms with E-state index in [1.165, 1.54) is 0 Å². The Bertz CT molecular complexity index is 140. The third kappa shape index (κ3) is 9.15. The van der Waals surface area contributed by atoms with E-state index >= 15 is 0 Å². The van der Waals surface area contributed by atoms with Gasteiger partial charge in [-0.2, -0.15) is 5.26 Å². The van der Waals surface area contributed by atoms with Gasteiger partial charge >= 0.3 is 0 Å². The van der Waals surface area contributed by atoms with Crippen LogP contribution in [-0.2, 0) is 9.47 Å². The molecule has 0 aliphatic rings. The minimum Gasteiger partial charge on any atom is -0.379 e. The normalized spacial score (nSPS) is 9.25. The molecular weight excluding hydrogens is 154 g/mol. The molecule has 0 saturated heterocycles. The lowest BCUT2D eigenvalue weighted by Gasteiger charge is -2.02. The molecule has 0 bridgehead atoms. The highest BCUT2D eigenvalue weighted by Crippen LogP contribution is 1.84. The van der Waals surface area contributed by atoms with Crippen LogP contribution in [0.1, 0.15) is 12.8 Å². The fraction of sp³-hybridized carbons (Fsp3) is 0.667. The number of hydrogen-bond donors (Lipinski definition) is 0. The molecule has 0 amide bonds. The summed E-state index contributed by atoms with van der Waals surface area (Å²) in [6.07, 6.45) is 3.14. The van der Waals surface area contributed by atoms with Gasteiger partial charge in [-0.25, -0.2) is 0 Å². The summed E-state index contributed by atoms with van der Waals surface area (Å²) in [5.74, 6) is 0. The van der Waals surface area contributed by atoms with E-state index in [0.717, 1.165) is 6.42 Å². The molecule has 0 aromatic carbocycles. The van der Waals surface area contributed by atoms with Gasteiger partial charge in [-0.1, -0.05) is 6.08 Å². The number of rotatable bonds is 8. The van der Waals surface area contributed by atoms with Crippen LogP contribution in [0.3, 0.4) is 0 Å². The third-order valence-electron chi connectivity index (χ3n) is 1.20. The first-order valence-corrected chi connectivity index (χ1v) is 4.05. The Labute approximate surface area is 73.6 Å². The number of nitriles is 1. The van der Waals surface area contributed by atoms with E-state index < -0.39 is 0 Å². The second-order valence-electron chi connectivity index (χ2n) is 2.21. The quantitative estimate of drug-likeness (QED) is 0.408. The van der Waals surface area contributed by atoms with E-state index in [9.17, 15) is 0 Å². The summed E-state index contributed by atoms with van der Waals surface area (Å²) in [7, 11) is 0. The average Bonchev–Trinajstić information content (AvgIpc) is 2.10. The van der Waals surface area contributed by atoms with Crippen molar-refractivity contribution < 1.29 is 9.47 Å². The predicted molar refractivity (Wildman–Crippen MR) is 46.7 cm³/mol. The minimum absolute atomic E-state index is 0.451. The lowest BCUT2D eigenvalue weighted by atomic mass is 10.5. The fourth-order valence-corrected chi connectivity index (χ4v) is 0.606. The van der Waals surface area contributed by atoms with Crippen LogP contribution in [-0.4, -0.2) is 26.4 Å². The van der Waals surface area contributed by atoms with Crippen molar-refractivity contribution in [3.8, 4) is 6.07 Å². The number of hydrogen-bond acceptors (Lipinski definition) is 3. The van der Waals surface area contributed by atoms with Crippen molar-refractivity contribution in [3.05, 3.63) is 12.7 Å². The van der Waals surface area contributed by atoms with Crippen molar-refractivity contribution in [2.45, 2.75) is 12.8 Å². The molecule has 0 saturated carbocycles. The zero-order chi connectivity index (χ0) is 9.07. The Hall–Kier alpha value is -0.850. The summed E-state index contributed by atoms with van der Waals surface area (Å²) in [5, 5.41) is 8.17. The molecule has 3 nitrogen and oxygen atoms in total. The molecule has 0 atom stereocenters. The molecule has 0 aliphatic heterocycles. The molecule has 0 N–H and O–H groups in total. The number of ether oxygens (including phenoxy) is 2. The first-order chi connectivity index (χ1) is 5.91. The lowest BCUT2D eigenvalue weighted by molar-refractivity contribution is 0.0516. The van der Waals surface area contributed by atoms with Crippen LogP contribution in [0.15, 0.2) is 12.7 Å². The zero-order valence-electron chi connectivity index (χ0n) is 7.29. The molecule has 0 heterocycles. The van der Waals surface area contributed by atoms with Gasteiger partial charge in [-0.3, -0.25) is 0 Å². The van der Waals surface area contributed by atoms with Crippen LogP contribution in [0.25, 0.3) is 0 Å². The molecule has 0 aromatic heterocycles. The summed E-state index contributed by atoms with van der Waals surface area (Å²) in [4.78, 5) is 0. The fourth-order valence-electron chi connectivity index (χ4n) is 0.606. The summed E-state index contributed by atoms with van der Waals surface area (Å²) in [6.45, 7) is 5.94. The molecule has 68 valence electrons. The molecule has 0 fully saturated rings. The van der Waals surface area contributed by atoms with Gasteiger partial charge in [-0.05, 0) is 6.42 Å². The van der Waals surface area contributed by atoms with Gasteiger partial charge in [0.15, 0.2) is 0 Å². The van der Waals surface area contributed by atoms with Gasteiger partial charge in [0, 0.05) is 0 Å². The van der Waals surface area contributed by atoms with Gasteiger partial charge in [0.25, 0.3) is 0 Å².